The summed E-state index contributed by atoms with van der Waals surface area (Å²) in [5, 5.41) is 3.84. The van der Waals surface area contributed by atoms with Crippen LogP contribution in [0.5, 0.6) is 0 Å². The van der Waals surface area contributed by atoms with Crippen LogP contribution < -0.4 is 5.32 Å². The van der Waals surface area contributed by atoms with Crippen LogP contribution in [-0.2, 0) is 6.42 Å². The Balaban J connectivity index is 1.35. The number of nitrogens with zero attached hydrogens (tertiary/aromatic N) is 1. The van der Waals surface area contributed by atoms with E-state index in [1.54, 1.807) is 0 Å². The minimum absolute atomic E-state index is 0.730. The first kappa shape index (κ1) is 15.1. The first-order valence-electron chi connectivity index (χ1n) is 8.81. The van der Waals surface area contributed by atoms with Crippen molar-refractivity contribution in [2.75, 3.05) is 26.2 Å². The molecule has 1 aromatic rings. The van der Waals surface area contributed by atoms with Crippen molar-refractivity contribution in [2.45, 2.75) is 45.1 Å². The van der Waals surface area contributed by atoms with E-state index in [9.17, 15) is 0 Å². The number of rotatable bonds is 6. The van der Waals surface area contributed by atoms with Crippen molar-refractivity contribution in [3.8, 4) is 0 Å². The van der Waals surface area contributed by atoms with E-state index in [1.165, 1.54) is 63.8 Å². The zero-order chi connectivity index (χ0) is 14.5. The maximum absolute atomic E-state index is 3.84. The molecule has 3 unspecified atom stereocenters. The van der Waals surface area contributed by atoms with E-state index in [0.717, 1.165) is 17.9 Å². The Morgan fingerprint density at radius 1 is 1.14 bits per heavy atom. The zero-order valence-corrected chi connectivity index (χ0v) is 13.4. The molecule has 116 valence electrons. The summed E-state index contributed by atoms with van der Waals surface area (Å²) in [5.74, 6) is 1.87. The van der Waals surface area contributed by atoms with Crippen LogP contribution in [0.15, 0.2) is 30.3 Å². The van der Waals surface area contributed by atoms with Crippen LogP contribution in [0.1, 0.15) is 38.2 Å². The smallest absolute Gasteiger partial charge is 0.0207 e. The summed E-state index contributed by atoms with van der Waals surface area (Å²) in [5.41, 5.74) is 1.47. The molecule has 0 bridgehead atoms. The molecule has 0 aromatic heterocycles. The fourth-order valence-electron chi connectivity index (χ4n) is 3.98. The zero-order valence-electron chi connectivity index (χ0n) is 13.4. The Hall–Kier alpha value is -0.860. The molecule has 3 atom stereocenters. The van der Waals surface area contributed by atoms with Crippen molar-refractivity contribution in [1.29, 1.82) is 0 Å². The van der Waals surface area contributed by atoms with E-state index in [2.05, 4.69) is 47.5 Å². The van der Waals surface area contributed by atoms with Crippen LogP contribution >= 0.6 is 0 Å². The van der Waals surface area contributed by atoms with Gasteiger partial charge in [-0.2, -0.15) is 0 Å². The Bertz CT molecular complexity index is 417. The van der Waals surface area contributed by atoms with Crippen LogP contribution in [0.4, 0.5) is 0 Å². The molecule has 0 radical (unpaired) electrons. The number of nitrogens with one attached hydrogen (secondary N) is 1. The maximum Gasteiger partial charge on any atom is 0.0207 e. The molecule has 0 spiro atoms. The van der Waals surface area contributed by atoms with Crippen LogP contribution in [0.3, 0.4) is 0 Å². The molecule has 21 heavy (non-hydrogen) atoms. The molecule has 1 aliphatic heterocycles. The second-order valence-corrected chi connectivity index (χ2v) is 7.10. The number of likely N-dealkylation sites (tertiary alicyclic amines) is 1. The third-order valence-corrected chi connectivity index (χ3v) is 5.54. The fourth-order valence-corrected chi connectivity index (χ4v) is 3.98. The maximum atomic E-state index is 3.84. The number of hydrogen-bond donors (Lipinski definition) is 1. The summed E-state index contributed by atoms with van der Waals surface area (Å²) < 4.78 is 0. The van der Waals surface area contributed by atoms with Gasteiger partial charge in [0, 0.05) is 19.1 Å². The van der Waals surface area contributed by atoms with Gasteiger partial charge in [0.25, 0.3) is 0 Å². The molecule has 2 fully saturated rings. The van der Waals surface area contributed by atoms with Crippen molar-refractivity contribution in [3.63, 3.8) is 0 Å². The first-order chi connectivity index (χ1) is 10.3. The highest BCUT2D eigenvalue weighted by Crippen LogP contribution is 2.30. The average molecular weight is 286 g/mol. The molecule has 1 aliphatic carbocycles. The lowest BCUT2D eigenvalue weighted by molar-refractivity contribution is 0.321. The molecule has 1 saturated heterocycles. The second kappa shape index (κ2) is 7.42. The van der Waals surface area contributed by atoms with Crippen LogP contribution in [0.25, 0.3) is 0 Å². The molecule has 1 aromatic carbocycles. The van der Waals surface area contributed by atoms with Gasteiger partial charge < -0.3 is 10.2 Å². The highest BCUT2D eigenvalue weighted by Gasteiger charge is 2.26. The summed E-state index contributed by atoms with van der Waals surface area (Å²) in [6.45, 7) is 7.40. The standard InChI is InChI=1S/C19H30N2/c1-16-6-5-9-18(16)14-20-19-11-13-21(15-19)12-10-17-7-3-2-4-8-17/h2-4,7-8,16,18-20H,5-6,9-15H2,1H3. The highest BCUT2D eigenvalue weighted by molar-refractivity contribution is 5.14. The Morgan fingerprint density at radius 2 is 2.00 bits per heavy atom. The predicted molar refractivity (Wildman–Crippen MR) is 89.5 cm³/mol. The number of hydrogen-bond acceptors (Lipinski definition) is 2. The van der Waals surface area contributed by atoms with Crippen molar-refractivity contribution in [2.24, 2.45) is 11.8 Å². The Morgan fingerprint density at radius 3 is 2.76 bits per heavy atom. The summed E-state index contributed by atoms with van der Waals surface area (Å²) in [6.07, 6.45) is 6.85. The molecule has 3 rings (SSSR count). The molecule has 0 amide bonds. The molecule has 1 heterocycles. The van der Waals surface area contributed by atoms with Gasteiger partial charge in [-0.3, -0.25) is 0 Å². The third kappa shape index (κ3) is 4.31. The van der Waals surface area contributed by atoms with E-state index in [4.69, 9.17) is 0 Å². The quantitative estimate of drug-likeness (QED) is 0.863. The summed E-state index contributed by atoms with van der Waals surface area (Å²) in [7, 11) is 0. The predicted octanol–water partition coefficient (Wildman–Crippen LogP) is 3.33. The molecular weight excluding hydrogens is 256 g/mol. The van der Waals surface area contributed by atoms with Crippen LogP contribution in [0, 0.1) is 11.8 Å². The monoisotopic (exact) mass is 286 g/mol. The SMILES string of the molecule is CC1CCCC1CNC1CCN(CCc2ccccc2)C1. The topological polar surface area (TPSA) is 15.3 Å². The normalized spacial score (nSPS) is 30.0. The summed E-state index contributed by atoms with van der Waals surface area (Å²) in [4.78, 5) is 2.63. The Kier molecular flexibility index (Phi) is 5.32. The summed E-state index contributed by atoms with van der Waals surface area (Å²) >= 11 is 0. The molecular formula is C19H30N2. The largest absolute Gasteiger partial charge is 0.312 e. The first-order valence-corrected chi connectivity index (χ1v) is 8.81. The molecule has 2 nitrogen and oxygen atoms in total. The average Bonchev–Trinajstić information content (AvgIpc) is 3.13. The highest BCUT2D eigenvalue weighted by atomic mass is 15.2. The lowest BCUT2D eigenvalue weighted by Gasteiger charge is -2.20. The van der Waals surface area contributed by atoms with Gasteiger partial charge in [0.15, 0.2) is 0 Å². The third-order valence-electron chi connectivity index (χ3n) is 5.54. The minimum Gasteiger partial charge on any atom is -0.312 e. The fraction of sp³-hybridized carbons (Fsp3) is 0.684. The van der Waals surface area contributed by atoms with Gasteiger partial charge in [0.1, 0.15) is 0 Å². The van der Waals surface area contributed by atoms with Gasteiger partial charge in [-0.1, -0.05) is 50.1 Å². The van der Waals surface area contributed by atoms with Gasteiger partial charge in [-0.25, -0.2) is 0 Å². The van der Waals surface area contributed by atoms with Crippen molar-refractivity contribution < 1.29 is 0 Å². The van der Waals surface area contributed by atoms with Crippen LogP contribution in [0.2, 0.25) is 0 Å². The van der Waals surface area contributed by atoms with Crippen LogP contribution in [-0.4, -0.2) is 37.1 Å². The van der Waals surface area contributed by atoms with Crippen molar-refractivity contribution >= 4 is 0 Å². The summed E-state index contributed by atoms with van der Waals surface area (Å²) in [6, 6.07) is 11.6. The molecule has 2 aliphatic rings. The van der Waals surface area contributed by atoms with Gasteiger partial charge in [0.05, 0.1) is 0 Å². The number of benzene rings is 1. The van der Waals surface area contributed by atoms with E-state index >= 15 is 0 Å². The van der Waals surface area contributed by atoms with Gasteiger partial charge in [0.2, 0.25) is 0 Å². The van der Waals surface area contributed by atoms with Gasteiger partial charge >= 0.3 is 0 Å². The molecule has 2 heteroatoms. The Labute approximate surface area is 129 Å². The van der Waals surface area contributed by atoms with Crippen molar-refractivity contribution in [3.05, 3.63) is 35.9 Å². The lowest BCUT2D eigenvalue weighted by atomic mass is 9.98. The lowest BCUT2D eigenvalue weighted by Crippen LogP contribution is -2.36. The van der Waals surface area contributed by atoms with E-state index in [-0.39, 0.29) is 0 Å². The van der Waals surface area contributed by atoms with E-state index in [1.807, 2.05) is 0 Å². The van der Waals surface area contributed by atoms with Gasteiger partial charge in [-0.15, -0.1) is 0 Å². The van der Waals surface area contributed by atoms with E-state index in [0.29, 0.717) is 0 Å². The molecule has 1 saturated carbocycles. The van der Waals surface area contributed by atoms with Crippen molar-refractivity contribution in [1.82, 2.24) is 10.2 Å². The second-order valence-electron chi connectivity index (χ2n) is 7.10. The minimum atomic E-state index is 0.730. The van der Waals surface area contributed by atoms with Gasteiger partial charge in [-0.05, 0) is 49.8 Å². The van der Waals surface area contributed by atoms with E-state index < -0.39 is 0 Å². The molecule has 1 N–H and O–H groups in total.